The fraction of sp³-hybridized carbons (Fsp3) is 0.818. The Morgan fingerprint density at radius 1 is 1.47 bits per heavy atom. The highest BCUT2D eigenvalue weighted by Crippen LogP contribution is 2.11. The third-order valence-electron chi connectivity index (χ3n) is 2.62. The highest BCUT2D eigenvalue weighted by Gasteiger charge is 2.27. The number of likely N-dealkylation sites (N-methyl/N-ethyl adjacent to an activating group) is 1. The molecule has 17 heavy (non-hydrogen) atoms. The second-order valence-electron chi connectivity index (χ2n) is 4.58. The third-order valence-corrected chi connectivity index (χ3v) is 3.56. The Hall–Kier alpha value is -0.750. The topological polar surface area (TPSA) is 70.2 Å². The van der Waals surface area contributed by atoms with E-state index >= 15 is 0 Å². The Morgan fingerprint density at radius 2 is 2.18 bits per heavy atom. The van der Waals surface area contributed by atoms with Gasteiger partial charge in [0.15, 0.2) is 0 Å². The van der Waals surface area contributed by atoms with Crippen LogP contribution in [0.5, 0.6) is 0 Å². The number of hydrogen-bond acceptors (Lipinski definition) is 4. The van der Waals surface area contributed by atoms with Crippen LogP contribution in [0.15, 0.2) is 0 Å². The number of carbonyl (C=O) groups is 2. The first-order valence-electron chi connectivity index (χ1n) is 5.87. The molecule has 1 aliphatic rings. The lowest BCUT2D eigenvalue weighted by Crippen LogP contribution is -2.52. The smallest absolute Gasteiger partial charge is 0.242 e. The Morgan fingerprint density at radius 3 is 2.65 bits per heavy atom. The Kier molecular flexibility index (Phi) is 5.77. The van der Waals surface area contributed by atoms with Crippen LogP contribution in [0, 0.1) is 5.92 Å². The standard InChI is InChI=1S/C11H21N3O2S/c1-7(2)4-8(10(15)12-3)14-11(16)9-5-17-6-13-9/h7-9,13H,4-6H2,1-3H3,(H,12,15)(H,14,16). The summed E-state index contributed by atoms with van der Waals surface area (Å²) in [4.78, 5) is 23.5. The summed E-state index contributed by atoms with van der Waals surface area (Å²) in [6, 6.07) is -0.598. The van der Waals surface area contributed by atoms with E-state index in [1.807, 2.05) is 13.8 Å². The quantitative estimate of drug-likeness (QED) is 0.646. The highest BCUT2D eigenvalue weighted by atomic mass is 32.2. The van der Waals surface area contributed by atoms with Gasteiger partial charge in [-0.3, -0.25) is 14.9 Å². The van der Waals surface area contributed by atoms with Crippen molar-refractivity contribution in [3.63, 3.8) is 0 Å². The first-order valence-corrected chi connectivity index (χ1v) is 7.03. The first-order chi connectivity index (χ1) is 8.04. The molecule has 2 amide bonds. The lowest BCUT2D eigenvalue weighted by Gasteiger charge is -2.20. The van der Waals surface area contributed by atoms with E-state index in [-0.39, 0.29) is 17.9 Å². The van der Waals surface area contributed by atoms with Crippen LogP contribution >= 0.6 is 11.8 Å². The molecule has 5 nitrogen and oxygen atoms in total. The summed E-state index contributed by atoms with van der Waals surface area (Å²) in [5, 5.41) is 8.49. The zero-order chi connectivity index (χ0) is 12.8. The van der Waals surface area contributed by atoms with E-state index in [2.05, 4.69) is 16.0 Å². The molecule has 0 aromatic carbocycles. The minimum atomic E-state index is -0.431. The van der Waals surface area contributed by atoms with Crippen molar-refractivity contribution in [2.24, 2.45) is 5.92 Å². The van der Waals surface area contributed by atoms with E-state index in [0.717, 1.165) is 11.6 Å². The van der Waals surface area contributed by atoms with Crippen molar-refractivity contribution in [2.75, 3.05) is 18.7 Å². The fourth-order valence-corrected chi connectivity index (χ4v) is 2.65. The van der Waals surface area contributed by atoms with Gasteiger partial charge in [-0.25, -0.2) is 0 Å². The van der Waals surface area contributed by atoms with Gasteiger partial charge in [0.05, 0.1) is 6.04 Å². The second-order valence-corrected chi connectivity index (χ2v) is 5.61. The molecular weight excluding hydrogens is 238 g/mol. The SMILES string of the molecule is CNC(=O)C(CC(C)C)NC(=O)C1CSCN1. The van der Waals surface area contributed by atoms with Crippen molar-refractivity contribution in [2.45, 2.75) is 32.4 Å². The van der Waals surface area contributed by atoms with Crippen LogP contribution in [0.2, 0.25) is 0 Å². The van der Waals surface area contributed by atoms with Gasteiger partial charge in [-0.05, 0) is 12.3 Å². The summed E-state index contributed by atoms with van der Waals surface area (Å²) in [6.07, 6.45) is 0.658. The average molecular weight is 259 g/mol. The first kappa shape index (κ1) is 14.3. The Bertz CT molecular complexity index is 278. The molecule has 3 N–H and O–H groups in total. The van der Waals surface area contributed by atoms with Crippen molar-refractivity contribution < 1.29 is 9.59 Å². The molecule has 1 saturated heterocycles. The van der Waals surface area contributed by atoms with Gasteiger partial charge in [-0.15, -0.1) is 11.8 Å². The molecule has 0 aromatic heterocycles. The third kappa shape index (κ3) is 4.55. The lowest BCUT2D eigenvalue weighted by atomic mass is 10.0. The summed E-state index contributed by atoms with van der Waals surface area (Å²) in [7, 11) is 1.59. The number of carbonyl (C=O) groups excluding carboxylic acids is 2. The zero-order valence-electron chi connectivity index (χ0n) is 10.6. The number of thioether (sulfide) groups is 1. The largest absolute Gasteiger partial charge is 0.357 e. The predicted molar refractivity (Wildman–Crippen MR) is 69.7 cm³/mol. The van der Waals surface area contributed by atoms with Crippen LogP contribution in [0.3, 0.4) is 0 Å². The summed E-state index contributed by atoms with van der Waals surface area (Å²) in [6.45, 7) is 4.07. The van der Waals surface area contributed by atoms with E-state index in [1.54, 1.807) is 18.8 Å². The fourth-order valence-electron chi connectivity index (χ4n) is 1.71. The van der Waals surface area contributed by atoms with Crippen molar-refractivity contribution >= 4 is 23.6 Å². The van der Waals surface area contributed by atoms with E-state index in [9.17, 15) is 9.59 Å². The van der Waals surface area contributed by atoms with Crippen molar-refractivity contribution in [1.82, 2.24) is 16.0 Å². The molecule has 98 valence electrons. The monoisotopic (exact) mass is 259 g/mol. The molecule has 6 heteroatoms. The lowest BCUT2D eigenvalue weighted by molar-refractivity contribution is -0.129. The molecule has 1 rings (SSSR count). The van der Waals surface area contributed by atoms with E-state index in [0.29, 0.717) is 12.3 Å². The van der Waals surface area contributed by atoms with Gasteiger partial charge in [-0.2, -0.15) is 0 Å². The van der Waals surface area contributed by atoms with Crippen LogP contribution in [0.25, 0.3) is 0 Å². The summed E-state index contributed by atoms with van der Waals surface area (Å²) < 4.78 is 0. The maximum absolute atomic E-state index is 11.9. The molecule has 1 fully saturated rings. The maximum atomic E-state index is 11.9. The molecule has 1 aliphatic heterocycles. The average Bonchev–Trinajstić information content (AvgIpc) is 2.79. The predicted octanol–water partition coefficient (Wildman–Crippen LogP) is -0.0742. The summed E-state index contributed by atoms with van der Waals surface area (Å²) in [5.41, 5.74) is 0. The molecule has 0 radical (unpaired) electrons. The van der Waals surface area contributed by atoms with E-state index < -0.39 is 6.04 Å². The second kappa shape index (κ2) is 6.86. The molecule has 0 aliphatic carbocycles. The van der Waals surface area contributed by atoms with Gasteiger partial charge in [0.2, 0.25) is 11.8 Å². The van der Waals surface area contributed by atoms with Gasteiger partial charge in [0, 0.05) is 18.7 Å². The van der Waals surface area contributed by atoms with Crippen LogP contribution in [-0.2, 0) is 9.59 Å². The van der Waals surface area contributed by atoms with Crippen molar-refractivity contribution in [3.05, 3.63) is 0 Å². The number of nitrogens with one attached hydrogen (secondary N) is 3. The van der Waals surface area contributed by atoms with Gasteiger partial charge in [-0.1, -0.05) is 13.8 Å². The molecular formula is C11H21N3O2S. The van der Waals surface area contributed by atoms with E-state index in [4.69, 9.17) is 0 Å². The van der Waals surface area contributed by atoms with Crippen LogP contribution < -0.4 is 16.0 Å². The molecule has 0 spiro atoms. The summed E-state index contributed by atoms with van der Waals surface area (Å²) in [5.74, 6) is 1.73. The van der Waals surface area contributed by atoms with E-state index in [1.165, 1.54) is 0 Å². The van der Waals surface area contributed by atoms with Gasteiger partial charge >= 0.3 is 0 Å². The molecule has 0 saturated carbocycles. The maximum Gasteiger partial charge on any atom is 0.242 e. The Labute approximate surface area is 106 Å². The zero-order valence-corrected chi connectivity index (χ0v) is 11.4. The highest BCUT2D eigenvalue weighted by molar-refractivity contribution is 7.99. The molecule has 2 unspecified atom stereocenters. The summed E-state index contributed by atoms with van der Waals surface area (Å²) >= 11 is 1.69. The molecule has 0 aromatic rings. The van der Waals surface area contributed by atoms with Crippen molar-refractivity contribution in [1.29, 1.82) is 0 Å². The van der Waals surface area contributed by atoms with Gasteiger partial charge in [0.25, 0.3) is 0 Å². The molecule has 0 bridgehead atoms. The molecule has 2 atom stereocenters. The molecule has 1 heterocycles. The Balaban J connectivity index is 2.52. The van der Waals surface area contributed by atoms with Crippen LogP contribution in [0.4, 0.5) is 0 Å². The normalized spacial score (nSPS) is 21.3. The minimum Gasteiger partial charge on any atom is -0.357 e. The number of hydrogen-bond donors (Lipinski definition) is 3. The minimum absolute atomic E-state index is 0.0794. The number of amides is 2. The van der Waals surface area contributed by atoms with Gasteiger partial charge < -0.3 is 10.6 Å². The number of rotatable bonds is 5. The van der Waals surface area contributed by atoms with Crippen LogP contribution in [0.1, 0.15) is 20.3 Å². The van der Waals surface area contributed by atoms with Gasteiger partial charge in [0.1, 0.15) is 6.04 Å². The van der Waals surface area contributed by atoms with Crippen molar-refractivity contribution in [3.8, 4) is 0 Å². The van der Waals surface area contributed by atoms with Crippen LogP contribution in [-0.4, -0.2) is 42.6 Å².